The van der Waals surface area contributed by atoms with Crippen LogP contribution in [-0.2, 0) is 14.8 Å². The van der Waals surface area contributed by atoms with Gasteiger partial charge in [0.15, 0.2) is 0 Å². The lowest BCUT2D eigenvalue weighted by atomic mass is 10.1. The lowest BCUT2D eigenvalue weighted by Gasteiger charge is -2.33. The zero-order chi connectivity index (χ0) is 22.0. The Kier molecular flexibility index (Phi) is 6.50. The number of nitrogens with one attached hydrogen (secondary N) is 1. The molecule has 162 valence electrons. The number of anilines is 1. The van der Waals surface area contributed by atoms with Gasteiger partial charge in [-0.25, -0.2) is 8.42 Å². The van der Waals surface area contributed by atoms with E-state index in [2.05, 4.69) is 5.32 Å². The predicted octanol–water partition coefficient (Wildman–Crippen LogP) is 4.09. The van der Waals surface area contributed by atoms with Crippen LogP contribution in [0.4, 0.5) is 5.69 Å². The number of hydrogen-bond donors (Lipinski definition) is 1. The molecule has 1 amide bonds. The number of amides is 1. The molecule has 0 aromatic heterocycles. The first-order chi connectivity index (χ1) is 14.8. The Bertz CT molecular complexity index is 1210. The van der Waals surface area contributed by atoms with Gasteiger partial charge in [-0.05, 0) is 35.0 Å². The van der Waals surface area contributed by atoms with Crippen molar-refractivity contribution in [2.24, 2.45) is 0 Å². The summed E-state index contributed by atoms with van der Waals surface area (Å²) in [7, 11) is -3.59. The van der Waals surface area contributed by atoms with E-state index < -0.39 is 10.0 Å². The van der Waals surface area contributed by atoms with Gasteiger partial charge in [0, 0.05) is 26.2 Å². The van der Waals surface area contributed by atoms with Crippen LogP contribution in [-0.4, -0.2) is 56.3 Å². The van der Waals surface area contributed by atoms with Gasteiger partial charge in [-0.1, -0.05) is 59.6 Å². The van der Waals surface area contributed by atoms with Gasteiger partial charge < -0.3 is 5.32 Å². The zero-order valence-electron chi connectivity index (χ0n) is 16.6. The van der Waals surface area contributed by atoms with Crippen molar-refractivity contribution in [2.45, 2.75) is 4.90 Å². The Balaban J connectivity index is 1.38. The van der Waals surface area contributed by atoms with Crippen LogP contribution < -0.4 is 5.32 Å². The Hall–Kier alpha value is -2.16. The molecule has 1 saturated heterocycles. The number of carbonyl (C=O) groups excluding carboxylic acids is 1. The quantitative estimate of drug-likeness (QED) is 0.600. The number of fused-ring (bicyclic) bond motifs is 1. The summed E-state index contributed by atoms with van der Waals surface area (Å²) in [5.41, 5.74) is 0.383. The molecule has 1 aliphatic heterocycles. The average molecular weight is 478 g/mol. The summed E-state index contributed by atoms with van der Waals surface area (Å²) in [6, 6.07) is 17.8. The Labute approximate surface area is 191 Å². The highest BCUT2D eigenvalue weighted by Crippen LogP contribution is 2.29. The molecule has 1 aliphatic rings. The fourth-order valence-corrected chi connectivity index (χ4v) is 5.55. The molecule has 1 heterocycles. The molecule has 4 rings (SSSR count). The van der Waals surface area contributed by atoms with Crippen molar-refractivity contribution in [2.75, 3.05) is 38.0 Å². The van der Waals surface area contributed by atoms with Gasteiger partial charge in [0.2, 0.25) is 15.9 Å². The maximum absolute atomic E-state index is 13.1. The number of halogens is 2. The summed E-state index contributed by atoms with van der Waals surface area (Å²) in [5.74, 6) is -0.249. The molecule has 1 N–H and O–H groups in total. The largest absolute Gasteiger partial charge is 0.322 e. The first-order valence-corrected chi connectivity index (χ1v) is 12.0. The topological polar surface area (TPSA) is 69.7 Å². The highest BCUT2D eigenvalue weighted by atomic mass is 35.5. The number of rotatable bonds is 5. The van der Waals surface area contributed by atoms with E-state index in [4.69, 9.17) is 23.2 Å². The Morgan fingerprint density at radius 2 is 1.52 bits per heavy atom. The second-order valence-corrected chi connectivity index (χ2v) is 10.1. The first-order valence-electron chi connectivity index (χ1n) is 9.80. The van der Waals surface area contributed by atoms with E-state index in [1.165, 1.54) is 4.31 Å². The second-order valence-electron chi connectivity index (χ2n) is 7.33. The number of nitrogens with zero attached hydrogens (tertiary/aromatic N) is 2. The van der Waals surface area contributed by atoms with Crippen LogP contribution in [0.5, 0.6) is 0 Å². The molecule has 0 unspecified atom stereocenters. The number of sulfonamides is 1. The van der Waals surface area contributed by atoms with Crippen molar-refractivity contribution in [1.29, 1.82) is 0 Å². The molecule has 3 aromatic rings. The maximum Gasteiger partial charge on any atom is 0.243 e. The summed E-state index contributed by atoms with van der Waals surface area (Å²) < 4.78 is 27.6. The molecule has 0 spiro atoms. The monoisotopic (exact) mass is 477 g/mol. The van der Waals surface area contributed by atoms with Gasteiger partial charge in [0.25, 0.3) is 0 Å². The van der Waals surface area contributed by atoms with Crippen LogP contribution in [0.2, 0.25) is 10.0 Å². The van der Waals surface area contributed by atoms with E-state index in [9.17, 15) is 13.2 Å². The molecule has 0 aliphatic carbocycles. The predicted molar refractivity (Wildman–Crippen MR) is 124 cm³/mol. The lowest BCUT2D eigenvalue weighted by Crippen LogP contribution is -2.50. The highest BCUT2D eigenvalue weighted by Gasteiger charge is 2.29. The number of piperazine rings is 1. The fraction of sp³-hybridized carbons (Fsp3) is 0.227. The summed E-state index contributed by atoms with van der Waals surface area (Å²) in [6.07, 6.45) is 0. The van der Waals surface area contributed by atoms with E-state index >= 15 is 0 Å². The van der Waals surface area contributed by atoms with Crippen molar-refractivity contribution < 1.29 is 13.2 Å². The number of hydrogen-bond acceptors (Lipinski definition) is 4. The van der Waals surface area contributed by atoms with Crippen LogP contribution in [0.3, 0.4) is 0 Å². The van der Waals surface area contributed by atoms with Gasteiger partial charge in [0.1, 0.15) is 0 Å². The Morgan fingerprint density at radius 3 is 2.19 bits per heavy atom. The Morgan fingerprint density at radius 1 is 0.871 bits per heavy atom. The van der Waals surface area contributed by atoms with Crippen molar-refractivity contribution in [1.82, 2.24) is 9.21 Å². The first kappa shape index (κ1) is 22.0. The SMILES string of the molecule is O=C(CN1CCN(S(=O)(=O)c2ccc3ccccc3c2)CC1)Nc1c(Cl)cccc1Cl. The van der Waals surface area contributed by atoms with Crippen LogP contribution in [0.1, 0.15) is 0 Å². The van der Waals surface area contributed by atoms with Gasteiger partial charge in [-0.15, -0.1) is 0 Å². The van der Waals surface area contributed by atoms with Crippen molar-refractivity contribution in [3.63, 3.8) is 0 Å². The number of benzene rings is 3. The van der Waals surface area contributed by atoms with Crippen LogP contribution in [0.15, 0.2) is 65.6 Å². The normalized spacial score (nSPS) is 15.8. The molecule has 31 heavy (non-hydrogen) atoms. The third kappa shape index (κ3) is 4.86. The number of carbonyl (C=O) groups is 1. The van der Waals surface area contributed by atoms with Gasteiger partial charge in [-0.3, -0.25) is 9.69 Å². The molecule has 6 nitrogen and oxygen atoms in total. The van der Waals surface area contributed by atoms with Crippen molar-refractivity contribution >= 4 is 55.6 Å². The lowest BCUT2D eigenvalue weighted by molar-refractivity contribution is -0.117. The van der Waals surface area contributed by atoms with Crippen LogP contribution >= 0.6 is 23.2 Å². The smallest absolute Gasteiger partial charge is 0.243 e. The number of para-hydroxylation sites is 1. The molecular weight excluding hydrogens is 457 g/mol. The third-order valence-corrected chi connectivity index (χ3v) is 7.81. The zero-order valence-corrected chi connectivity index (χ0v) is 18.9. The average Bonchev–Trinajstić information content (AvgIpc) is 2.76. The summed E-state index contributed by atoms with van der Waals surface area (Å²) in [6.45, 7) is 1.67. The summed E-state index contributed by atoms with van der Waals surface area (Å²) >= 11 is 12.2. The minimum atomic E-state index is -3.59. The van der Waals surface area contributed by atoms with E-state index in [1.54, 1.807) is 30.3 Å². The molecule has 0 radical (unpaired) electrons. The van der Waals surface area contributed by atoms with E-state index in [0.717, 1.165) is 10.8 Å². The minimum absolute atomic E-state index is 0.130. The third-order valence-electron chi connectivity index (χ3n) is 5.28. The molecule has 0 bridgehead atoms. The standard InChI is InChI=1S/C22H21Cl2N3O3S/c23-19-6-3-7-20(24)22(19)25-21(28)15-26-10-12-27(13-11-26)31(29,30)18-9-8-16-4-1-2-5-17(16)14-18/h1-9,14H,10-13,15H2,(H,25,28). The van der Waals surface area contributed by atoms with Crippen molar-refractivity contribution in [3.8, 4) is 0 Å². The van der Waals surface area contributed by atoms with E-state index in [0.29, 0.717) is 41.9 Å². The van der Waals surface area contributed by atoms with Gasteiger partial charge >= 0.3 is 0 Å². The molecule has 9 heteroatoms. The second kappa shape index (κ2) is 9.14. The fourth-order valence-electron chi connectivity index (χ4n) is 3.60. The molecular formula is C22H21Cl2N3O3S. The highest BCUT2D eigenvalue weighted by molar-refractivity contribution is 7.89. The molecule has 1 fully saturated rings. The minimum Gasteiger partial charge on any atom is -0.322 e. The maximum atomic E-state index is 13.1. The van der Waals surface area contributed by atoms with E-state index in [-0.39, 0.29) is 17.3 Å². The van der Waals surface area contributed by atoms with E-state index in [1.807, 2.05) is 35.2 Å². The van der Waals surface area contributed by atoms with Crippen molar-refractivity contribution in [3.05, 3.63) is 70.7 Å². The summed E-state index contributed by atoms with van der Waals surface area (Å²) in [4.78, 5) is 14.6. The van der Waals surface area contributed by atoms with Gasteiger partial charge in [-0.2, -0.15) is 4.31 Å². The molecule has 0 saturated carbocycles. The molecule has 0 atom stereocenters. The molecule has 3 aromatic carbocycles. The van der Waals surface area contributed by atoms with Gasteiger partial charge in [0.05, 0.1) is 27.2 Å². The summed E-state index contributed by atoms with van der Waals surface area (Å²) in [5, 5.41) is 5.35. The van der Waals surface area contributed by atoms with Crippen LogP contribution in [0, 0.1) is 0 Å². The van der Waals surface area contributed by atoms with Crippen LogP contribution in [0.25, 0.3) is 10.8 Å².